The number of carbonyl (C=O) groups excluding carboxylic acids is 1. The van der Waals surface area contributed by atoms with E-state index in [0.29, 0.717) is 0 Å². The summed E-state index contributed by atoms with van der Waals surface area (Å²) in [6, 6.07) is 0. The van der Waals surface area contributed by atoms with Gasteiger partial charge in [-0.05, 0) is 7.05 Å². The molecule has 4 nitrogen and oxygen atoms in total. The monoisotopic (exact) mass is 257 g/mol. The van der Waals surface area contributed by atoms with E-state index >= 15 is 0 Å². The van der Waals surface area contributed by atoms with Gasteiger partial charge in [0.2, 0.25) is 5.91 Å². The van der Waals surface area contributed by atoms with Crippen LogP contribution in [0.4, 0.5) is 13.2 Å². The summed E-state index contributed by atoms with van der Waals surface area (Å²) in [5.74, 6) is -2.26. The Kier molecular flexibility index (Phi) is 5.66. The first-order chi connectivity index (χ1) is 7.18. The van der Waals surface area contributed by atoms with Crippen LogP contribution in [0.25, 0.3) is 0 Å². The van der Waals surface area contributed by atoms with E-state index in [9.17, 15) is 18.0 Å². The quantitative estimate of drug-likeness (QED) is 0.687. The van der Waals surface area contributed by atoms with E-state index in [1.165, 1.54) is 19.0 Å². The van der Waals surface area contributed by atoms with Crippen molar-refractivity contribution in [1.82, 2.24) is 10.2 Å². The minimum Gasteiger partial charge on any atom is -0.393 e. The van der Waals surface area contributed by atoms with E-state index in [1.54, 1.807) is 0 Å². The van der Waals surface area contributed by atoms with Crippen LogP contribution in [0.1, 0.15) is 0 Å². The lowest BCUT2D eigenvalue weighted by molar-refractivity contribution is -0.159. The maximum atomic E-state index is 12.5. The lowest BCUT2D eigenvalue weighted by Crippen LogP contribution is -2.44. The van der Waals surface area contributed by atoms with Crippen molar-refractivity contribution in [3.63, 3.8) is 0 Å². The number of carbonyl (C=O) groups is 1. The van der Waals surface area contributed by atoms with E-state index in [4.69, 9.17) is 5.73 Å². The Bertz CT molecular complexity index is 270. The molecule has 0 aliphatic carbocycles. The number of likely N-dealkylation sites (N-methyl/N-ethyl adjacent to an activating group) is 2. The van der Waals surface area contributed by atoms with Crippen molar-refractivity contribution in [2.75, 3.05) is 27.2 Å². The number of hydrogen-bond acceptors (Lipinski definition) is 3. The van der Waals surface area contributed by atoms with Crippen LogP contribution in [0.15, 0.2) is 0 Å². The lowest BCUT2D eigenvalue weighted by Gasteiger charge is -2.24. The normalized spacial score (nSPS) is 13.6. The van der Waals surface area contributed by atoms with Crippen LogP contribution < -0.4 is 11.1 Å². The molecule has 0 aliphatic heterocycles. The van der Waals surface area contributed by atoms with Gasteiger partial charge in [-0.3, -0.25) is 9.69 Å². The van der Waals surface area contributed by atoms with Crippen LogP contribution in [0.5, 0.6) is 0 Å². The zero-order valence-corrected chi connectivity index (χ0v) is 9.78. The minimum absolute atomic E-state index is 0.133. The average Bonchev–Trinajstić information content (AvgIpc) is 2.11. The third-order valence-electron chi connectivity index (χ3n) is 1.93. The summed E-state index contributed by atoms with van der Waals surface area (Å²) >= 11 is 4.36. The fourth-order valence-electron chi connectivity index (χ4n) is 1.06. The van der Waals surface area contributed by atoms with Gasteiger partial charge in [0.1, 0.15) is 5.92 Å². The molecule has 0 rings (SSSR count). The van der Waals surface area contributed by atoms with Crippen LogP contribution in [0, 0.1) is 5.92 Å². The Labute approximate surface area is 97.0 Å². The van der Waals surface area contributed by atoms with E-state index in [-0.39, 0.29) is 12.5 Å². The van der Waals surface area contributed by atoms with Gasteiger partial charge in [-0.15, -0.1) is 0 Å². The second-order valence-electron chi connectivity index (χ2n) is 3.37. The molecular weight excluding hydrogens is 243 g/mol. The minimum atomic E-state index is -4.48. The van der Waals surface area contributed by atoms with E-state index in [0.717, 1.165) is 0 Å². The van der Waals surface area contributed by atoms with Gasteiger partial charge >= 0.3 is 6.18 Å². The Morgan fingerprint density at radius 2 is 2.06 bits per heavy atom. The number of halogens is 3. The van der Waals surface area contributed by atoms with Crippen molar-refractivity contribution >= 4 is 23.1 Å². The summed E-state index contributed by atoms with van der Waals surface area (Å²) in [4.78, 5) is 11.5. The molecule has 0 bridgehead atoms. The number of alkyl halides is 3. The maximum Gasteiger partial charge on any atom is 0.399 e. The van der Waals surface area contributed by atoms with Gasteiger partial charge in [-0.1, -0.05) is 12.2 Å². The SMILES string of the molecule is CNC(=O)CN(C)CC(C(N)=S)C(F)(F)F. The second kappa shape index (κ2) is 6.00. The van der Waals surface area contributed by atoms with Crippen molar-refractivity contribution in [1.29, 1.82) is 0 Å². The van der Waals surface area contributed by atoms with Gasteiger partial charge in [0, 0.05) is 13.6 Å². The summed E-state index contributed by atoms with van der Waals surface area (Å²) < 4.78 is 37.4. The first kappa shape index (κ1) is 15.1. The van der Waals surface area contributed by atoms with Crippen LogP contribution >= 0.6 is 12.2 Å². The van der Waals surface area contributed by atoms with Crippen molar-refractivity contribution in [3.05, 3.63) is 0 Å². The number of thiocarbonyl (C=S) groups is 1. The Morgan fingerprint density at radius 3 is 2.38 bits per heavy atom. The van der Waals surface area contributed by atoms with Crippen LogP contribution in [-0.2, 0) is 4.79 Å². The molecule has 94 valence electrons. The van der Waals surface area contributed by atoms with Crippen molar-refractivity contribution < 1.29 is 18.0 Å². The largest absolute Gasteiger partial charge is 0.399 e. The molecule has 0 saturated carbocycles. The van der Waals surface area contributed by atoms with Crippen molar-refractivity contribution in [2.45, 2.75) is 6.18 Å². The predicted molar refractivity (Wildman–Crippen MR) is 57.9 cm³/mol. The summed E-state index contributed by atoms with van der Waals surface area (Å²) in [6.07, 6.45) is -4.48. The highest BCUT2D eigenvalue weighted by Gasteiger charge is 2.42. The predicted octanol–water partition coefficient (Wildman–Crippen LogP) is 0.129. The van der Waals surface area contributed by atoms with E-state index < -0.39 is 23.6 Å². The molecule has 0 aliphatic rings. The van der Waals surface area contributed by atoms with Gasteiger partial charge in [0.05, 0.1) is 11.5 Å². The molecule has 16 heavy (non-hydrogen) atoms. The number of amides is 1. The number of nitrogens with zero attached hydrogens (tertiary/aromatic N) is 1. The van der Waals surface area contributed by atoms with E-state index in [2.05, 4.69) is 17.5 Å². The Morgan fingerprint density at radius 1 is 1.56 bits per heavy atom. The summed E-state index contributed by atoms with van der Waals surface area (Å²) in [6.45, 7) is -0.558. The molecule has 0 spiro atoms. The molecule has 0 saturated heterocycles. The summed E-state index contributed by atoms with van der Waals surface area (Å²) in [7, 11) is 2.80. The fraction of sp³-hybridized carbons (Fsp3) is 0.750. The third kappa shape index (κ3) is 5.26. The number of nitrogens with one attached hydrogen (secondary N) is 1. The number of rotatable bonds is 5. The number of hydrogen-bond donors (Lipinski definition) is 2. The second-order valence-corrected chi connectivity index (χ2v) is 3.84. The van der Waals surface area contributed by atoms with Crippen molar-refractivity contribution in [2.24, 2.45) is 11.7 Å². The number of nitrogens with two attached hydrogens (primary N) is 1. The molecule has 1 atom stereocenters. The topological polar surface area (TPSA) is 58.4 Å². The zero-order chi connectivity index (χ0) is 12.9. The van der Waals surface area contributed by atoms with Gasteiger partial charge in [-0.2, -0.15) is 13.2 Å². The molecule has 8 heteroatoms. The molecule has 0 heterocycles. The fourth-order valence-corrected chi connectivity index (χ4v) is 1.26. The zero-order valence-electron chi connectivity index (χ0n) is 8.97. The average molecular weight is 257 g/mol. The van der Waals surface area contributed by atoms with Gasteiger partial charge in [0.15, 0.2) is 0 Å². The van der Waals surface area contributed by atoms with Crippen LogP contribution in [0.2, 0.25) is 0 Å². The molecule has 0 fully saturated rings. The highest BCUT2D eigenvalue weighted by atomic mass is 32.1. The van der Waals surface area contributed by atoms with Crippen molar-refractivity contribution in [3.8, 4) is 0 Å². The molecule has 0 aromatic carbocycles. The van der Waals surface area contributed by atoms with Crippen LogP contribution in [-0.4, -0.2) is 49.2 Å². The molecule has 1 amide bonds. The lowest BCUT2D eigenvalue weighted by atomic mass is 10.1. The van der Waals surface area contributed by atoms with Gasteiger partial charge in [0.25, 0.3) is 0 Å². The maximum absolute atomic E-state index is 12.5. The standard InChI is InChI=1S/C8H14F3N3OS/c1-13-6(15)4-14(2)3-5(7(12)16)8(9,10)11/h5H,3-4H2,1-2H3,(H2,12,16)(H,13,15). The Hall–Kier alpha value is -0.890. The first-order valence-corrected chi connectivity index (χ1v) is 4.84. The first-order valence-electron chi connectivity index (χ1n) is 4.43. The molecule has 1 unspecified atom stereocenters. The highest BCUT2D eigenvalue weighted by Crippen LogP contribution is 2.26. The molecule has 0 aromatic heterocycles. The summed E-state index contributed by atoms with van der Waals surface area (Å²) in [5.41, 5.74) is 5.02. The molecule has 0 aromatic rings. The highest BCUT2D eigenvalue weighted by molar-refractivity contribution is 7.80. The van der Waals surface area contributed by atoms with E-state index in [1.807, 2.05) is 0 Å². The van der Waals surface area contributed by atoms with Gasteiger partial charge in [-0.25, -0.2) is 0 Å². The van der Waals surface area contributed by atoms with Gasteiger partial charge < -0.3 is 11.1 Å². The Balaban J connectivity index is 4.42. The smallest absolute Gasteiger partial charge is 0.393 e. The molecular formula is C8H14F3N3OS. The third-order valence-corrected chi connectivity index (χ3v) is 2.21. The molecule has 0 radical (unpaired) electrons. The summed E-state index contributed by atoms with van der Waals surface area (Å²) in [5, 5.41) is 2.31. The van der Waals surface area contributed by atoms with Crippen LogP contribution in [0.3, 0.4) is 0 Å². The molecule has 3 N–H and O–H groups in total.